The van der Waals surface area contributed by atoms with Crippen molar-refractivity contribution in [2.24, 2.45) is 29.1 Å². The molecular weight excluding hydrogens is 148 g/mol. The summed E-state index contributed by atoms with van der Waals surface area (Å²) in [4.78, 5) is 0. The van der Waals surface area contributed by atoms with E-state index in [9.17, 15) is 0 Å². The quantitative estimate of drug-likeness (QED) is 0.530. The van der Waals surface area contributed by atoms with Gasteiger partial charge in [-0.3, -0.25) is 5.32 Å². The molecule has 6 atom stereocenters. The lowest BCUT2D eigenvalue weighted by Gasteiger charge is -2.56. The van der Waals surface area contributed by atoms with Crippen LogP contribution in [-0.2, 0) is 0 Å². The van der Waals surface area contributed by atoms with E-state index in [0.717, 1.165) is 35.8 Å². The molecule has 0 aromatic heterocycles. The maximum Gasteiger partial charge on any atom is 0.0459 e. The summed E-state index contributed by atoms with van der Waals surface area (Å²) in [6, 6.07) is 0. The number of hydrogen-bond acceptors (Lipinski definition) is 2. The van der Waals surface area contributed by atoms with Crippen molar-refractivity contribution < 1.29 is 0 Å². The Bertz CT molecular complexity index is 300. The number of nitrogens with one attached hydrogen (secondary N) is 2. The van der Waals surface area contributed by atoms with E-state index >= 15 is 0 Å². The monoisotopic (exact) mass is 162 g/mol. The topological polar surface area (TPSA) is 24.1 Å². The van der Waals surface area contributed by atoms with E-state index in [1.54, 1.807) is 6.42 Å². The molecule has 0 amide bonds. The van der Waals surface area contributed by atoms with Crippen LogP contribution in [0.25, 0.3) is 0 Å². The van der Waals surface area contributed by atoms with Gasteiger partial charge in [-0.15, -0.1) is 0 Å². The lowest BCUT2D eigenvalue weighted by Crippen LogP contribution is -2.71. The minimum Gasteiger partial charge on any atom is -0.304 e. The van der Waals surface area contributed by atoms with E-state index < -0.39 is 0 Å². The Balaban J connectivity index is 1.79. The van der Waals surface area contributed by atoms with E-state index in [0.29, 0.717) is 5.54 Å². The fourth-order valence-corrected chi connectivity index (χ4v) is 6.01. The second-order valence-electron chi connectivity index (χ2n) is 5.65. The molecule has 6 fully saturated rings. The maximum absolute atomic E-state index is 3.79. The minimum absolute atomic E-state index is 0.665. The molecule has 0 aromatic rings. The summed E-state index contributed by atoms with van der Waals surface area (Å²) < 4.78 is 0. The van der Waals surface area contributed by atoms with Crippen molar-refractivity contribution in [1.82, 2.24) is 10.6 Å². The second kappa shape index (κ2) is 1.20. The highest BCUT2D eigenvalue weighted by atomic mass is 15.3. The summed E-state index contributed by atoms with van der Waals surface area (Å²) in [6.45, 7) is 2.41. The third kappa shape index (κ3) is 0.262. The van der Waals surface area contributed by atoms with Crippen molar-refractivity contribution in [3.8, 4) is 0 Å². The second-order valence-corrected chi connectivity index (χ2v) is 5.65. The van der Waals surface area contributed by atoms with Crippen LogP contribution >= 0.6 is 0 Å². The predicted molar refractivity (Wildman–Crippen MR) is 44.4 cm³/mol. The van der Waals surface area contributed by atoms with Crippen molar-refractivity contribution in [3.63, 3.8) is 0 Å². The highest BCUT2D eigenvalue weighted by Crippen LogP contribution is 2.93. The predicted octanol–water partition coefficient (Wildman–Crippen LogP) is 0.161. The summed E-state index contributed by atoms with van der Waals surface area (Å²) in [5, 5.41) is 7.31. The highest BCUT2D eigenvalue weighted by molar-refractivity contribution is 5.47. The largest absolute Gasteiger partial charge is 0.304 e. The normalized spacial score (nSPS) is 80.0. The molecule has 1 aliphatic heterocycles. The molecule has 5 aliphatic carbocycles. The molecule has 5 saturated carbocycles. The van der Waals surface area contributed by atoms with Crippen molar-refractivity contribution in [1.29, 1.82) is 0 Å². The number of rotatable bonds is 0. The summed E-state index contributed by atoms with van der Waals surface area (Å²) >= 11 is 0. The zero-order valence-electron chi connectivity index (χ0n) is 7.14. The van der Waals surface area contributed by atoms with Crippen LogP contribution in [0, 0.1) is 29.1 Å². The van der Waals surface area contributed by atoms with Gasteiger partial charge in [0.2, 0.25) is 0 Å². The molecule has 0 radical (unpaired) electrons. The molecule has 64 valence electrons. The molecule has 0 aromatic carbocycles. The first-order valence-corrected chi connectivity index (χ1v) is 5.36. The van der Waals surface area contributed by atoms with Gasteiger partial charge in [0, 0.05) is 24.2 Å². The zero-order valence-corrected chi connectivity index (χ0v) is 7.14. The molecular formula is C10H14N2. The Morgan fingerprint density at radius 1 is 1.25 bits per heavy atom. The van der Waals surface area contributed by atoms with Crippen LogP contribution in [0.3, 0.4) is 0 Å². The fraction of sp³-hybridized carbons (Fsp3) is 1.00. The van der Waals surface area contributed by atoms with Gasteiger partial charge in [-0.25, -0.2) is 0 Å². The Hall–Kier alpha value is -0.0800. The van der Waals surface area contributed by atoms with Crippen LogP contribution in [0.2, 0.25) is 0 Å². The van der Waals surface area contributed by atoms with Crippen LogP contribution in [0.1, 0.15) is 12.8 Å². The van der Waals surface area contributed by atoms with Gasteiger partial charge in [0.15, 0.2) is 0 Å². The SMILES string of the molecule is C1NCC23C4C5CC(C42)C3(C5)N1. The molecule has 2 heteroatoms. The Labute approximate surface area is 72.1 Å². The maximum atomic E-state index is 3.79. The third-order valence-electron chi connectivity index (χ3n) is 5.96. The molecule has 1 saturated heterocycles. The molecule has 3 bridgehead atoms. The first-order chi connectivity index (χ1) is 5.90. The van der Waals surface area contributed by atoms with E-state index in [4.69, 9.17) is 0 Å². The molecule has 1 heterocycles. The third-order valence-corrected chi connectivity index (χ3v) is 5.96. The molecule has 2 nitrogen and oxygen atoms in total. The lowest BCUT2D eigenvalue weighted by atomic mass is 9.59. The van der Waals surface area contributed by atoms with Gasteiger partial charge in [0.25, 0.3) is 0 Å². The van der Waals surface area contributed by atoms with Gasteiger partial charge in [-0.2, -0.15) is 0 Å². The summed E-state index contributed by atoms with van der Waals surface area (Å²) in [7, 11) is 0. The van der Waals surface area contributed by atoms with Gasteiger partial charge in [-0.05, 0) is 36.5 Å². The zero-order chi connectivity index (χ0) is 7.55. The standard InChI is InChI=1S/C10H14N2/c1-5-2-10-6(1)8-7(5)9(8,10)3-11-4-12-10/h5-8,11-12H,1-4H2. The van der Waals surface area contributed by atoms with Gasteiger partial charge in [-0.1, -0.05) is 0 Å². The van der Waals surface area contributed by atoms with E-state index in [1.165, 1.54) is 13.0 Å². The Kier molecular flexibility index (Phi) is 0.561. The molecule has 6 unspecified atom stereocenters. The van der Waals surface area contributed by atoms with Gasteiger partial charge in [0.05, 0.1) is 0 Å². The van der Waals surface area contributed by atoms with Crippen LogP contribution in [0.4, 0.5) is 0 Å². The molecule has 2 spiro atoms. The smallest absolute Gasteiger partial charge is 0.0459 e. The number of hydrogen-bond donors (Lipinski definition) is 2. The van der Waals surface area contributed by atoms with Gasteiger partial charge in [0.1, 0.15) is 0 Å². The van der Waals surface area contributed by atoms with Crippen molar-refractivity contribution >= 4 is 0 Å². The van der Waals surface area contributed by atoms with Gasteiger partial charge < -0.3 is 5.32 Å². The summed E-state index contributed by atoms with van der Waals surface area (Å²) in [5.41, 5.74) is 1.46. The van der Waals surface area contributed by atoms with Crippen LogP contribution in [0.15, 0.2) is 0 Å². The van der Waals surface area contributed by atoms with Crippen LogP contribution < -0.4 is 10.6 Å². The molecule has 12 heavy (non-hydrogen) atoms. The summed E-state index contributed by atoms with van der Waals surface area (Å²) in [6.07, 6.45) is 3.10. The fourth-order valence-electron chi connectivity index (χ4n) is 6.01. The highest BCUT2D eigenvalue weighted by Gasteiger charge is 2.96. The lowest BCUT2D eigenvalue weighted by molar-refractivity contribution is -0.0120. The molecule has 6 aliphatic rings. The summed E-state index contributed by atoms with van der Waals surface area (Å²) in [5.74, 6) is 4.56. The first-order valence-electron chi connectivity index (χ1n) is 5.36. The minimum atomic E-state index is 0.665. The average Bonchev–Trinajstić information content (AvgIpc) is 2.45. The van der Waals surface area contributed by atoms with Crippen molar-refractivity contribution in [3.05, 3.63) is 0 Å². The van der Waals surface area contributed by atoms with E-state index in [-0.39, 0.29) is 0 Å². The van der Waals surface area contributed by atoms with Crippen molar-refractivity contribution in [2.45, 2.75) is 18.4 Å². The Morgan fingerprint density at radius 2 is 2.25 bits per heavy atom. The van der Waals surface area contributed by atoms with E-state index in [1.807, 2.05) is 0 Å². The first kappa shape index (κ1) is 5.61. The average molecular weight is 162 g/mol. The van der Waals surface area contributed by atoms with Crippen molar-refractivity contribution in [2.75, 3.05) is 13.2 Å². The van der Waals surface area contributed by atoms with Gasteiger partial charge >= 0.3 is 0 Å². The van der Waals surface area contributed by atoms with Crippen LogP contribution in [-0.4, -0.2) is 18.8 Å². The van der Waals surface area contributed by atoms with E-state index in [2.05, 4.69) is 10.6 Å². The van der Waals surface area contributed by atoms with Crippen LogP contribution in [0.5, 0.6) is 0 Å². The Morgan fingerprint density at radius 3 is 3.00 bits per heavy atom. The molecule has 6 rings (SSSR count). The molecule has 2 N–H and O–H groups in total.